The van der Waals surface area contributed by atoms with Crippen LogP contribution < -0.4 is 4.74 Å². The molecule has 0 aliphatic carbocycles. The number of likely N-dealkylation sites (N-methyl/N-ethyl adjacent to an activating group) is 1. The van der Waals surface area contributed by atoms with E-state index in [0.29, 0.717) is 11.8 Å². The first-order chi connectivity index (χ1) is 10.7. The van der Waals surface area contributed by atoms with Crippen molar-refractivity contribution in [3.05, 3.63) is 58.6 Å². The van der Waals surface area contributed by atoms with E-state index in [-0.39, 0.29) is 0 Å². The highest BCUT2D eigenvalue weighted by Gasteiger charge is 2.38. The summed E-state index contributed by atoms with van der Waals surface area (Å²) in [4.78, 5) is 2.39. The molecule has 1 saturated heterocycles. The molecule has 0 amide bonds. The van der Waals surface area contributed by atoms with Crippen LogP contribution in [-0.2, 0) is 0 Å². The lowest BCUT2D eigenvalue weighted by atomic mass is 9.84. The van der Waals surface area contributed by atoms with Crippen LogP contribution >= 0.6 is 11.6 Å². The number of nitrogens with zero attached hydrogens (tertiary/aromatic N) is 1. The molecule has 0 bridgehead atoms. The normalized spacial score (nSPS) is 22.2. The number of rotatable bonds is 0. The summed E-state index contributed by atoms with van der Waals surface area (Å²) >= 11 is 6.20. The van der Waals surface area contributed by atoms with Gasteiger partial charge in [-0.1, -0.05) is 29.8 Å². The number of fused-ring (bicyclic) bond motifs is 5. The van der Waals surface area contributed by atoms with Crippen molar-refractivity contribution in [3.8, 4) is 24.3 Å². The molecule has 2 atom stereocenters. The highest BCUT2D eigenvalue weighted by Crippen LogP contribution is 2.49. The van der Waals surface area contributed by atoms with Gasteiger partial charge < -0.3 is 9.64 Å². The molecule has 112 valence electrons. The Balaban J connectivity index is 0.000000693. The van der Waals surface area contributed by atoms with Gasteiger partial charge in [0.15, 0.2) is 0 Å². The molecule has 2 aliphatic heterocycles. The molecular weight excluding hydrogens is 294 g/mol. The maximum atomic E-state index is 6.20. The van der Waals surface area contributed by atoms with E-state index in [0.717, 1.165) is 29.6 Å². The van der Waals surface area contributed by atoms with Gasteiger partial charge in [-0.25, -0.2) is 0 Å². The Morgan fingerprint density at radius 3 is 2.41 bits per heavy atom. The van der Waals surface area contributed by atoms with Gasteiger partial charge in [0.1, 0.15) is 11.5 Å². The molecule has 4 rings (SSSR count). The van der Waals surface area contributed by atoms with Gasteiger partial charge in [-0.2, -0.15) is 0 Å². The van der Waals surface area contributed by atoms with Crippen molar-refractivity contribution in [2.45, 2.75) is 11.8 Å². The monoisotopic (exact) mass is 311 g/mol. The van der Waals surface area contributed by atoms with Gasteiger partial charge in [0, 0.05) is 35.5 Å². The molecule has 2 aromatic rings. The third-order valence-electron chi connectivity index (χ3n) is 4.41. The molecule has 0 spiro atoms. The van der Waals surface area contributed by atoms with E-state index in [9.17, 15) is 0 Å². The second-order valence-electron chi connectivity index (χ2n) is 5.76. The molecule has 3 heteroatoms. The number of halogens is 1. The Kier molecular flexibility index (Phi) is 4.11. The van der Waals surface area contributed by atoms with Crippen LogP contribution in [0.25, 0.3) is 0 Å². The first-order valence-electron chi connectivity index (χ1n) is 7.30. The van der Waals surface area contributed by atoms with Gasteiger partial charge in [0.25, 0.3) is 0 Å². The maximum absolute atomic E-state index is 6.20. The van der Waals surface area contributed by atoms with Gasteiger partial charge >= 0.3 is 0 Å². The fourth-order valence-corrected chi connectivity index (χ4v) is 3.71. The number of likely N-dealkylation sites (tertiary alicyclic amines) is 1. The lowest BCUT2D eigenvalue weighted by Crippen LogP contribution is -2.14. The van der Waals surface area contributed by atoms with E-state index >= 15 is 0 Å². The van der Waals surface area contributed by atoms with Crippen molar-refractivity contribution < 1.29 is 4.74 Å². The molecule has 0 radical (unpaired) electrons. The topological polar surface area (TPSA) is 12.5 Å². The SMILES string of the molecule is C#C.CN1CC2c3ccccc3Oc3ccc(Cl)cc3[C@H]2C1. The summed E-state index contributed by atoms with van der Waals surface area (Å²) in [5, 5.41) is 0.784. The van der Waals surface area contributed by atoms with Crippen LogP contribution in [0.5, 0.6) is 11.5 Å². The fraction of sp³-hybridized carbons (Fsp3) is 0.263. The Bertz CT molecular complexity index is 710. The molecule has 1 fully saturated rings. The lowest BCUT2D eigenvalue weighted by Gasteiger charge is -2.17. The highest BCUT2D eigenvalue weighted by molar-refractivity contribution is 6.30. The van der Waals surface area contributed by atoms with Gasteiger partial charge in [-0.15, -0.1) is 12.8 Å². The average Bonchev–Trinajstić information content (AvgIpc) is 2.88. The molecule has 0 aromatic heterocycles. The zero-order valence-electron chi connectivity index (χ0n) is 12.5. The first kappa shape index (κ1) is 15.0. The summed E-state index contributed by atoms with van der Waals surface area (Å²) in [6.07, 6.45) is 8.00. The molecule has 1 unspecified atom stereocenters. The number of hydrogen-bond acceptors (Lipinski definition) is 2. The molecule has 2 nitrogen and oxygen atoms in total. The van der Waals surface area contributed by atoms with Gasteiger partial charge in [-0.3, -0.25) is 0 Å². The Morgan fingerprint density at radius 2 is 1.64 bits per heavy atom. The van der Waals surface area contributed by atoms with Crippen molar-refractivity contribution in [3.63, 3.8) is 0 Å². The van der Waals surface area contributed by atoms with E-state index < -0.39 is 0 Å². The van der Waals surface area contributed by atoms with Crippen LogP contribution in [0.3, 0.4) is 0 Å². The predicted octanol–water partition coefficient (Wildman–Crippen LogP) is 4.51. The number of ether oxygens (including phenoxy) is 1. The summed E-state index contributed by atoms with van der Waals surface area (Å²) in [6, 6.07) is 14.4. The summed E-state index contributed by atoms with van der Waals surface area (Å²) < 4.78 is 6.15. The number of hydrogen-bond donors (Lipinski definition) is 0. The maximum Gasteiger partial charge on any atom is 0.131 e. The van der Waals surface area contributed by atoms with E-state index in [2.05, 4.69) is 49.1 Å². The zero-order valence-corrected chi connectivity index (χ0v) is 13.3. The van der Waals surface area contributed by atoms with Crippen LogP contribution in [0, 0.1) is 12.8 Å². The summed E-state index contributed by atoms with van der Waals surface area (Å²) in [6.45, 7) is 2.12. The minimum atomic E-state index is 0.456. The number of terminal acetylenes is 1. The second kappa shape index (κ2) is 6.04. The Morgan fingerprint density at radius 1 is 1.00 bits per heavy atom. The van der Waals surface area contributed by atoms with Gasteiger partial charge in [-0.05, 0) is 36.9 Å². The quantitative estimate of drug-likeness (QED) is 0.664. The van der Waals surface area contributed by atoms with Gasteiger partial charge in [0.05, 0.1) is 0 Å². The summed E-state index contributed by atoms with van der Waals surface area (Å²) in [5.41, 5.74) is 2.55. The van der Waals surface area contributed by atoms with E-state index in [1.54, 1.807) is 0 Å². The third kappa shape index (κ3) is 2.47. The molecule has 0 saturated carbocycles. The van der Waals surface area contributed by atoms with Crippen molar-refractivity contribution >= 4 is 11.6 Å². The molecule has 2 aliphatic rings. The number of para-hydroxylation sites is 1. The zero-order chi connectivity index (χ0) is 15.7. The van der Waals surface area contributed by atoms with E-state index in [1.807, 2.05) is 18.2 Å². The van der Waals surface area contributed by atoms with Crippen LogP contribution in [-0.4, -0.2) is 25.0 Å². The summed E-state index contributed by atoms with van der Waals surface area (Å²) in [5.74, 6) is 2.87. The van der Waals surface area contributed by atoms with Gasteiger partial charge in [0.2, 0.25) is 0 Å². The van der Waals surface area contributed by atoms with Crippen LogP contribution in [0.1, 0.15) is 23.0 Å². The van der Waals surface area contributed by atoms with Crippen molar-refractivity contribution in [1.82, 2.24) is 4.90 Å². The second-order valence-corrected chi connectivity index (χ2v) is 6.19. The summed E-state index contributed by atoms with van der Waals surface area (Å²) in [7, 11) is 2.18. The fourth-order valence-electron chi connectivity index (χ4n) is 3.53. The molecule has 2 aromatic carbocycles. The predicted molar refractivity (Wildman–Crippen MR) is 90.8 cm³/mol. The Hall–Kier alpha value is -1.95. The van der Waals surface area contributed by atoms with Crippen LogP contribution in [0.4, 0.5) is 0 Å². The smallest absolute Gasteiger partial charge is 0.131 e. The van der Waals surface area contributed by atoms with Crippen LogP contribution in [0.15, 0.2) is 42.5 Å². The lowest BCUT2D eigenvalue weighted by molar-refractivity contribution is 0.401. The van der Waals surface area contributed by atoms with Crippen molar-refractivity contribution in [1.29, 1.82) is 0 Å². The largest absolute Gasteiger partial charge is 0.457 e. The van der Waals surface area contributed by atoms with Crippen molar-refractivity contribution in [2.75, 3.05) is 20.1 Å². The van der Waals surface area contributed by atoms with E-state index in [1.165, 1.54) is 11.1 Å². The van der Waals surface area contributed by atoms with Crippen molar-refractivity contribution in [2.24, 2.45) is 0 Å². The standard InChI is InChI=1S/C17H16ClNO.C2H2/c1-19-9-14-12-4-2-3-5-16(12)20-17-7-6-11(18)8-13(17)15(14)10-19;1-2/h2-8,14-15H,9-10H2,1H3;1-2H/t14?,15-;/m1./s1. The minimum Gasteiger partial charge on any atom is -0.457 e. The Labute approximate surface area is 136 Å². The highest BCUT2D eigenvalue weighted by atomic mass is 35.5. The molecule has 2 heterocycles. The van der Waals surface area contributed by atoms with E-state index in [4.69, 9.17) is 16.3 Å². The first-order valence-corrected chi connectivity index (χ1v) is 7.68. The number of benzene rings is 2. The third-order valence-corrected chi connectivity index (χ3v) is 4.65. The molecule has 0 N–H and O–H groups in total. The van der Waals surface area contributed by atoms with Crippen LogP contribution in [0.2, 0.25) is 5.02 Å². The minimum absolute atomic E-state index is 0.456. The average molecular weight is 312 g/mol. The molecular formula is C19H18ClNO. The molecule has 22 heavy (non-hydrogen) atoms.